The van der Waals surface area contributed by atoms with Gasteiger partial charge >= 0.3 is 0 Å². The molecule has 2 aromatic carbocycles. The number of methoxy groups -OCH3 is 4. The molecule has 0 bridgehead atoms. The summed E-state index contributed by atoms with van der Waals surface area (Å²) in [4.78, 5) is 2.44. The topological polar surface area (TPSA) is 64.0 Å². The van der Waals surface area contributed by atoms with Crippen LogP contribution in [0.1, 0.15) is 44.7 Å². The van der Waals surface area contributed by atoms with Gasteiger partial charge in [0.25, 0.3) is 0 Å². The van der Waals surface area contributed by atoms with Crippen molar-refractivity contribution in [2.24, 2.45) is 5.92 Å². The molecule has 0 aromatic heterocycles. The predicted octanol–water partition coefficient (Wildman–Crippen LogP) is 5.90. The molecule has 1 unspecified atom stereocenters. The van der Waals surface area contributed by atoms with Crippen LogP contribution in [0.2, 0.25) is 0 Å². The number of benzene rings is 2. The molecular weight excluding hydrogens is 464 g/mol. The van der Waals surface area contributed by atoms with Gasteiger partial charge in [-0.05, 0) is 73.7 Å². The van der Waals surface area contributed by atoms with E-state index in [0.29, 0.717) is 17.2 Å². The van der Waals surface area contributed by atoms with Crippen LogP contribution in [0.15, 0.2) is 36.4 Å². The molecule has 194 valence electrons. The van der Waals surface area contributed by atoms with Crippen molar-refractivity contribution in [1.82, 2.24) is 4.90 Å². The van der Waals surface area contributed by atoms with Crippen molar-refractivity contribution in [1.29, 1.82) is 5.26 Å². The molecule has 0 radical (unpaired) electrons. The van der Waals surface area contributed by atoms with Gasteiger partial charge in [0.1, 0.15) is 5.75 Å². The Kier molecular flexibility index (Phi) is 12.8. The van der Waals surface area contributed by atoms with E-state index in [-0.39, 0.29) is 18.3 Å². The van der Waals surface area contributed by atoms with E-state index in [2.05, 4.69) is 43.9 Å². The van der Waals surface area contributed by atoms with Gasteiger partial charge in [-0.15, -0.1) is 12.4 Å². The molecule has 7 heteroatoms. The lowest BCUT2D eigenvalue weighted by Gasteiger charge is -2.33. The van der Waals surface area contributed by atoms with Crippen LogP contribution in [0.3, 0.4) is 0 Å². The summed E-state index contributed by atoms with van der Waals surface area (Å²) < 4.78 is 21.9. The fourth-order valence-corrected chi connectivity index (χ4v) is 4.48. The third kappa shape index (κ3) is 7.43. The molecule has 0 saturated heterocycles. The van der Waals surface area contributed by atoms with Gasteiger partial charge in [-0.2, -0.15) is 5.26 Å². The Hall–Kier alpha value is -2.62. The number of hydrogen-bond acceptors (Lipinski definition) is 6. The maximum Gasteiger partial charge on any atom is 0.203 e. The van der Waals surface area contributed by atoms with Crippen LogP contribution in [0.25, 0.3) is 0 Å². The Labute approximate surface area is 217 Å². The molecule has 0 aliphatic carbocycles. The van der Waals surface area contributed by atoms with E-state index in [1.165, 1.54) is 5.56 Å². The summed E-state index contributed by atoms with van der Waals surface area (Å²) in [5.74, 6) is 2.70. The lowest BCUT2D eigenvalue weighted by molar-refractivity contribution is 0.263. The van der Waals surface area contributed by atoms with Crippen molar-refractivity contribution in [2.45, 2.75) is 45.4 Å². The molecular formula is C28H41ClN2O4. The third-order valence-electron chi connectivity index (χ3n) is 6.71. The van der Waals surface area contributed by atoms with Gasteiger partial charge in [-0.25, -0.2) is 0 Å². The standard InChI is InChI=1S/C28H40N2O4.ClH/c1-8-30(16-13-22-11-9-12-24(17-22)31-4)15-10-14-28(20-29,21(2)3)23-18-25(32-5)27(34-7)26(19-23)33-6;/h9,11-12,17-19,21H,8,10,13-16H2,1-7H3;1H. The molecule has 0 heterocycles. The molecule has 0 spiro atoms. The van der Waals surface area contributed by atoms with Crippen molar-refractivity contribution < 1.29 is 18.9 Å². The monoisotopic (exact) mass is 504 g/mol. The smallest absolute Gasteiger partial charge is 0.203 e. The number of ether oxygens (including phenoxy) is 4. The minimum absolute atomic E-state index is 0. The van der Waals surface area contributed by atoms with E-state index < -0.39 is 5.41 Å². The highest BCUT2D eigenvalue weighted by Gasteiger charge is 2.37. The van der Waals surface area contributed by atoms with Gasteiger partial charge in [0, 0.05) is 6.54 Å². The first-order chi connectivity index (χ1) is 16.4. The van der Waals surface area contributed by atoms with E-state index in [4.69, 9.17) is 18.9 Å². The van der Waals surface area contributed by atoms with Crippen LogP contribution in [-0.4, -0.2) is 53.0 Å². The normalized spacial score (nSPS) is 12.5. The molecule has 6 nitrogen and oxygen atoms in total. The minimum atomic E-state index is -0.654. The highest BCUT2D eigenvalue weighted by molar-refractivity contribution is 5.85. The van der Waals surface area contributed by atoms with Crippen molar-refractivity contribution >= 4 is 12.4 Å². The Morgan fingerprint density at radius 1 is 0.943 bits per heavy atom. The van der Waals surface area contributed by atoms with Crippen LogP contribution < -0.4 is 18.9 Å². The summed E-state index contributed by atoms with van der Waals surface area (Å²) in [7, 11) is 6.49. The molecule has 2 rings (SSSR count). The Bertz CT molecular complexity index is 935. The first-order valence-electron chi connectivity index (χ1n) is 12.0. The Morgan fingerprint density at radius 3 is 2.09 bits per heavy atom. The van der Waals surface area contributed by atoms with Crippen LogP contribution in [-0.2, 0) is 11.8 Å². The van der Waals surface area contributed by atoms with Gasteiger partial charge in [0.05, 0.1) is 39.9 Å². The van der Waals surface area contributed by atoms with Crippen molar-refractivity contribution in [2.75, 3.05) is 48.1 Å². The maximum absolute atomic E-state index is 10.4. The summed E-state index contributed by atoms with van der Waals surface area (Å²) in [6.45, 7) is 9.26. The maximum atomic E-state index is 10.4. The van der Waals surface area contributed by atoms with Crippen LogP contribution in [0.5, 0.6) is 23.0 Å². The number of halogens is 1. The molecule has 0 N–H and O–H groups in total. The molecule has 0 aliphatic rings. The molecule has 0 aliphatic heterocycles. The molecule has 2 aromatic rings. The minimum Gasteiger partial charge on any atom is -0.497 e. The van der Waals surface area contributed by atoms with E-state index in [1.807, 2.05) is 24.3 Å². The Morgan fingerprint density at radius 2 is 1.60 bits per heavy atom. The van der Waals surface area contributed by atoms with E-state index in [1.54, 1.807) is 28.4 Å². The summed E-state index contributed by atoms with van der Waals surface area (Å²) in [5, 5.41) is 10.4. The lowest BCUT2D eigenvalue weighted by Crippen LogP contribution is -2.33. The highest BCUT2D eigenvalue weighted by atomic mass is 35.5. The quantitative estimate of drug-likeness (QED) is 0.319. The van der Waals surface area contributed by atoms with E-state index in [9.17, 15) is 5.26 Å². The SMILES string of the molecule is CCN(CCCC(C#N)(c1cc(OC)c(OC)c(OC)c1)C(C)C)CCc1cccc(OC)c1.Cl. The molecule has 0 saturated carbocycles. The molecule has 0 fully saturated rings. The number of rotatable bonds is 14. The molecule has 0 amide bonds. The first-order valence-corrected chi connectivity index (χ1v) is 12.0. The lowest BCUT2D eigenvalue weighted by atomic mass is 9.69. The number of hydrogen-bond donors (Lipinski definition) is 0. The summed E-state index contributed by atoms with van der Waals surface area (Å²) >= 11 is 0. The average Bonchev–Trinajstić information content (AvgIpc) is 2.87. The Balaban J connectivity index is 0.00000612. The van der Waals surface area contributed by atoms with Crippen molar-refractivity contribution in [3.05, 3.63) is 47.5 Å². The summed E-state index contributed by atoms with van der Waals surface area (Å²) in [6, 6.07) is 14.7. The second-order valence-electron chi connectivity index (χ2n) is 8.79. The highest BCUT2D eigenvalue weighted by Crippen LogP contribution is 2.45. The van der Waals surface area contributed by atoms with Gasteiger partial charge < -0.3 is 23.8 Å². The van der Waals surface area contributed by atoms with Gasteiger partial charge in [0.2, 0.25) is 5.75 Å². The number of likely N-dealkylation sites (N-methyl/N-ethyl adjacent to an activating group) is 1. The second kappa shape index (κ2) is 14.7. The fraction of sp³-hybridized carbons (Fsp3) is 0.536. The van der Waals surface area contributed by atoms with Crippen molar-refractivity contribution in [3.63, 3.8) is 0 Å². The van der Waals surface area contributed by atoms with Crippen molar-refractivity contribution in [3.8, 4) is 29.1 Å². The number of nitrogens with zero attached hydrogens (tertiary/aromatic N) is 2. The van der Waals surface area contributed by atoms with Crippen LogP contribution in [0, 0.1) is 17.2 Å². The second-order valence-corrected chi connectivity index (χ2v) is 8.79. The van der Waals surface area contributed by atoms with Gasteiger partial charge in [-0.1, -0.05) is 32.9 Å². The van der Waals surface area contributed by atoms with Gasteiger partial charge in [0.15, 0.2) is 11.5 Å². The largest absolute Gasteiger partial charge is 0.497 e. The predicted molar refractivity (Wildman–Crippen MR) is 144 cm³/mol. The average molecular weight is 505 g/mol. The zero-order valence-corrected chi connectivity index (χ0v) is 23.0. The first kappa shape index (κ1) is 30.4. The van der Waals surface area contributed by atoms with E-state index in [0.717, 1.165) is 50.2 Å². The van der Waals surface area contributed by atoms with Crippen LogP contribution >= 0.6 is 12.4 Å². The van der Waals surface area contributed by atoms with E-state index >= 15 is 0 Å². The zero-order chi connectivity index (χ0) is 25.1. The zero-order valence-electron chi connectivity index (χ0n) is 22.2. The third-order valence-corrected chi connectivity index (χ3v) is 6.71. The molecule has 1 atom stereocenters. The number of nitriles is 1. The summed E-state index contributed by atoms with van der Waals surface area (Å²) in [6.07, 6.45) is 2.62. The molecule has 35 heavy (non-hydrogen) atoms. The summed E-state index contributed by atoms with van der Waals surface area (Å²) in [5.41, 5.74) is 1.52. The van der Waals surface area contributed by atoms with Crippen LogP contribution in [0.4, 0.5) is 0 Å². The van der Waals surface area contributed by atoms with Gasteiger partial charge in [-0.3, -0.25) is 0 Å². The fourth-order valence-electron chi connectivity index (χ4n) is 4.48.